The number of hydrogen-bond donors (Lipinski definition) is 0. The van der Waals surface area contributed by atoms with Crippen LogP contribution < -0.4 is 0 Å². The van der Waals surface area contributed by atoms with E-state index in [0.29, 0.717) is 0 Å². The highest BCUT2D eigenvalue weighted by Gasteiger charge is 2.09. The lowest BCUT2D eigenvalue weighted by atomic mass is 10.1. The summed E-state index contributed by atoms with van der Waals surface area (Å²) in [6.07, 6.45) is 15.9. The van der Waals surface area contributed by atoms with Gasteiger partial charge in [-0.25, -0.2) is 0 Å². The van der Waals surface area contributed by atoms with Gasteiger partial charge in [-0.15, -0.1) is 11.3 Å². The molecule has 104 valence electrons. The molecule has 0 bridgehead atoms. The monoisotopic (exact) mass is 274 g/mol. The third-order valence-electron chi connectivity index (χ3n) is 2.40. The molecule has 1 heterocycles. The van der Waals surface area contributed by atoms with Crippen molar-refractivity contribution < 1.29 is 0 Å². The van der Waals surface area contributed by atoms with Gasteiger partial charge in [-0.3, -0.25) is 0 Å². The third-order valence-corrected chi connectivity index (χ3v) is 3.55. The molecule has 1 aromatic heterocycles. The van der Waals surface area contributed by atoms with E-state index in [1.165, 1.54) is 20.9 Å². The third kappa shape index (κ3) is 5.04. The van der Waals surface area contributed by atoms with Crippen molar-refractivity contribution >= 4 is 35.6 Å². The number of hydrogen-bond acceptors (Lipinski definition) is 1. The van der Waals surface area contributed by atoms with Gasteiger partial charge < -0.3 is 0 Å². The molecule has 0 aliphatic rings. The first kappa shape index (κ1) is 17.7. The van der Waals surface area contributed by atoms with E-state index in [2.05, 4.69) is 56.9 Å². The summed E-state index contributed by atoms with van der Waals surface area (Å²) in [6, 6.07) is 0. The minimum Gasteiger partial charge on any atom is -0.135 e. The van der Waals surface area contributed by atoms with Gasteiger partial charge in [0.05, 0.1) is 0 Å². The molecule has 0 aromatic carbocycles. The zero-order valence-corrected chi connectivity index (χ0v) is 13.7. The Morgan fingerprint density at radius 1 is 0.947 bits per heavy atom. The van der Waals surface area contributed by atoms with Gasteiger partial charge >= 0.3 is 0 Å². The molecule has 0 N–H and O–H groups in total. The van der Waals surface area contributed by atoms with Crippen LogP contribution in [0, 0.1) is 0 Å². The summed E-state index contributed by atoms with van der Waals surface area (Å²) in [6.45, 7) is 14.2. The minimum atomic E-state index is 1.06. The summed E-state index contributed by atoms with van der Waals surface area (Å²) in [5.74, 6) is 0. The van der Waals surface area contributed by atoms with Crippen molar-refractivity contribution in [3.8, 4) is 0 Å². The van der Waals surface area contributed by atoms with E-state index in [4.69, 9.17) is 0 Å². The minimum absolute atomic E-state index is 1.06. The molecule has 0 aliphatic carbocycles. The van der Waals surface area contributed by atoms with Crippen molar-refractivity contribution in [2.24, 2.45) is 0 Å². The molecule has 0 fully saturated rings. The Labute approximate surface area is 122 Å². The van der Waals surface area contributed by atoms with Crippen LogP contribution in [-0.2, 0) is 0 Å². The second-order valence-corrected chi connectivity index (χ2v) is 4.76. The molecule has 1 rings (SSSR count). The molecule has 1 aromatic rings. The normalized spacial score (nSPS) is 11.2. The predicted octanol–water partition coefficient (Wildman–Crippen LogP) is 6.91. The van der Waals surface area contributed by atoms with Gasteiger partial charge in [0.1, 0.15) is 0 Å². The van der Waals surface area contributed by atoms with Crippen LogP contribution in [0.25, 0.3) is 24.3 Å². The molecule has 0 atom stereocenters. The first-order valence-electron chi connectivity index (χ1n) is 6.99. The summed E-state index contributed by atoms with van der Waals surface area (Å²) in [5, 5.41) is 0. The molecule has 1 heteroatoms. The fourth-order valence-corrected chi connectivity index (χ4v) is 2.90. The average molecular weight is 274 g/mol. The van der Waals surface area contributed by atoms with E-state index in [1.54, 1.807) is 0 Å². The lowest BCUT2D eigenvalue weighted by Crippen LogP contribution is -1.77. The maximum Gasteiger partial charge on any atom is 0.0351 e. The van der Waals surface area contributed by atoms with Crippen molar-refractivity contribution in [1.29, 1.82) is 0 Å². The highest BCUT2D eigenvalue weighted by atomic mass is 32.1. The second-order valence-electron chi connectivity index (χ2n) is 3.67. The van der Waals surface area contributed by atoms with Crippen molar-refractivity contribution in [3.63, 3.8) is 0 Å². The molecule has 0 spiro atoms. The van der Waals surface area contributed by atoms with Crippen molar-refractivity contribution in [2.75, 3.05) is 0 Å². The van der Waals surface area contributed by atoms with Gasteiger partial charge in [-0.1, -0.05) is 57.7 Å². The maximum absolute atomic E-state index is 3.93. The lowest BCUT2D eigenvalue weighted by molar-refractivity contribution is 1.23. The first-order chi connectivity index (χ1) is 9.28. The summed E-state index contributed by atoms with van der Waals surface area (Å²) < 4.78 is 0. The van der Waals surface area contributed by atoms with E-state index in [1.807, 2.05) is 38.2 Å². The molecule has 0 radical (unpaired) electrons. The van der Waals surface area contributed by atoms with E-state index >= 15 is 0 Å². The molecule has 0 amide bonds. The SMILES string of the molecule is C=Cc1c(/C=C\C)sc(/C=C\C)c1/C=C\CC.CC. The molecule has 0 saturated heterocycles. The predicted molar refractivity (Wildman–Crippen MR) is 94.5 cm³/mol. The largest absolute Gasteiger partial charge is 0.135 e. The standard InChI is InChI=1S/C16H20S.C2H6/c1-5-9-12-14-13(8-4)15(10-6-2)17-16(14)11-7-3;1-2/h6-12H,4-5H2,1-3H3;1-2H3/b10-6-,11-7-,12-9-;. The van der Waals surface area contributed by atoms with E-state index < -0.39 is 0 Å². The topological polar surface area (TPSA) is 0 Å². The quantitative estimate of drug-likeness (QED) is 0.547. The fourth-order valence-electron chi connectivity index (χ4n) is 1.66. The van der Waals surface area contributed by atoms with Crippen molar-refractivity contribution in [3.05, 3.63) is 45.7 Å². The van der Waals surface area contributed by atoms with E-state index in [9.17, 15) is 0 Å². The van der Waals surface area contributed by atoms with Crippen LogP contribution in [0.3, 0.4) is 0 Å². The zero-order valence-electron chi connectivity index (χ0n) is 12.9. The number of allylic oxidation sites excluding steroid dienone is 3. The van der Waals surface area contributed by atoms with Gasteiger partial charge in [0.15, 0.2) is 0 Å². The van der Waals surface area contributed by atoms with Gasteiger partial charge in [0.25, 0.3) is 0 Å². The fraction of sp³-hybridized carbons (Fsp3) is 0.333. The van der Waals surface area contributed by atoms with Gasteiger partial charge in [-0.05, 0) is 43.5 Å². The summed E-state index contributed by atoms with van der Waals surface area (Å²) in [7, 11) is 0. The van der Waals surface area contributed by atoms with Crippen LogP contribution in [-0.4, -0.2) is 0 Å². The van der Waals surface area contributed by atoms with Crippen molar-refractivity contribution in [2.45, 2.75) is 41.0 Å². The Morgan fingerprint density at radius 3 is 1.89 bits per heavy atom. The lowest BCUT2D eigenvalue weighted by Gasteiger charge is -1.96. The highest BCUT2D eigenvalue weighted by Crippen LogP contribution is 2.33. The Hall–Kier alpha value is -1.34. The van der Waals surface area contributed by atoms with E-state index in [0.717, 1.165) is 6.42 Å². The molecule has 19 heavy (non-hydrogen) atoms. The van der Waals surface area contributed by atoms with Crippen LogP contribution in [0.4, 0.5) is 0 Å². The smallest absolute Gasteiger partial charge is 0.0351 e. The van der Waals surface area contributed by atoms with E-state index in [-0.39, 0.29) is 0 Å². The summed E-state index contributed by atoms with van der Waals surface area (Å²) in [4.78, 5) is 2.59. The Bertz CT molecular complexity index is 456. The molecule has 0 aliphatic heterocycles. The summed E-state index contributed by atoms with van der Waals surface area (Å²) >= 11 is 1.81. The molecular formula is C18H26S. The Morgan fingerprint density at radius 2 is 1.47 bits per heavy atom. The van der Waals surface area contributed by atoms with Crippen LogP contribution in [0.2, 0.25) is 0 Å². The molecular weight excluding hydrogens is 248 g/mol. The first-order valence-corrected chi connectivity index (χ1v) is 7.81. The highest BCUT2D eigenvalue weighted by molar-refractivity contribution is 7.14. The van der Waals surface area contributed by atoms with Gasteiger partial charge in [0.2, 0.25) is 0 Å². The van der Waals surface area contributed by atoms with Crippen molar-refractivity contribution in [1.82, 2.24) is 0 Å². The summed E-state index contributed by atoms with van der Waals surface area (Å²) in [5.41, 5.74) is 2.53. The number of rotatable bonds is 5. The van der Waals surface area contributed by atoms with Gasteiger partial charge in [0, 0.05) is 9.75 Å². The van der Waals surface area contributed by atoms with Crippen LogP contribution >= 0.6 is 11.3 Å². The Balaban J connectivity index is 0.00000154. The van der Waals surface area contributed by atoms with Crippen LogP contribution in [0.1, 0.15) is 61.9 Å². The Kier molecular flexibility index (Phi) is 9.82. The maximum atomic E-state index is 3.93. The molecule has 0 nitrogen and oxygen atoms in total. The van der Waals surface area contributed by atoms with Crippen LogP contribution in [0.15, 0.2) is 24.8 Å². The second kappa shape index (κ2) is 10.6. The van der Waals surface area contributed by atoms with Crippen LogP contribution in [0.5, 0.6) is 0 Å². The average Bonchev–Trinajstić information content (AvgIpc) is 2.76. The molecule has 0 unspecified atom stereocenters. The molecule has 0 saturated carbocycles. The zero-order chi connectivity index (χ0) is 14.7. The number of thiophene rings is 1. The van der Waals surface area contributed by atoms with Gasteiger partial charge in [-0.2, -0.15) is 0 Å².